The first-order chi connectivity index (χ1) is 8.03. The van der Waals surface area contributed by atoms with Crippen molar-refractivity contribution in [3.05, 3.63) is 12.2 Å². The van der Waals surface area contributed by atoms with E-state index in [1.165, 1.54) is 6.08 Å². The third-order valence-electron chi connectivity index (χ3n) is 3.33. The third kappa shape index (κ3) is 7.13. The summed E-state index contributed by atoms with van der Waals surface area (Å²) in [4.78, 5) is 11.1. The van der Waals surface area contributed by atoms with E-state index in [-0.39, 0.29) is 23.6 Å². The molecule has 18 heavy (non-hydrogen) atoms. The van der Waals surface area contributed by atoms with E-state index in [9.17, 15) is 9.90 Å². The van der Waals surface area contributed by atoms with Crippen LogP contribution in [0.4, 0.5) is 0 Å². The van der Waals surface area contributed by atoms with Crippen molar-refractivity contribution < 1.29 is 36.1 Å². The van der Waals surface area contributed by atoms with Gasteiger partial charge in [-0.15, -0.1) is 0 Å². The van der Waals surface area contributed by atoms with Gasteiger partial charge in [-0.1, -0.05) is 6.08 Å². The Morgan fingerprint density at radius 2 is 1.78 bits per heavy atom. The number of allylic oxidation sites excluding steroid dienone is 1. The Bertz CT molecular complexity index is 244. The van der Waals surface area contributed by atoms with Gasteiger partial charge in [0.05, 0.1) is 19.6 Å². The van der Waals surface area contributed by atoms with E-state index in [2.05, 4.69) is 20.8 Å². The van der Waals surface area contributed by atoms with Crippen LogP contribution in [0.3, 0.4) is 0 Å². The Labute approximate surface area is 121 Å². The molecule has 0 amide bonds. The van der Waals surface area contributed by atoms with E-state index in [0.717, 1.165) is 24.1 Å². The second-order valence-electron chi connectivity index (χ2n) is 4.26. The number of aliphatic hydroxyl groups is 1. The molecule has 1 N–H and O–H groups in total. The lowest BCUT2D eigenvalue weighted by molar-refractivity contribution is -0.926. The molecule has 0 aliphatic carbocycles. The van der Waals surface area contributed by atoms with Crippen molar-refractivity contribution in [2.24, 2.45) is 0 Å². The molecule has 0 saturated carbocycles. The van der Waals surface area contributed by atoms with Gasteiger partial charge >= 0.3 is 5.97 Å². The van der Waals surface area contributed by atoms with Crippen molar-refractivity contribution in [3.8, 4) is 0 Å². The van der Waals surface area contributed by atoms with Crippen LogP contribution >= 0.6 is 0 Å². The Hall–Kier alpha value is -0.390. The molecule has 0 aliphatic heterocycles. The molecule has 0 aromatic rings. The lowest BCUT2D eigenvalue weighted by Gasteiger charge is -2.37. The molecule has 108 valence electrons. The number of halogens is 1. The van der Waals surface area contributed by atoms with E-state index in [4.69, 9.17) is 4.74 Å². The average molecular weight is 324 g/mol. The van der Waals surface area contributed by atoms with Gasteiger partial charge in [0.1, 0.15) is 19.3 Å². The number of hydrogen-bond acceptors (Lipinski definition) is 3. The predicted molar refractivity (Wildman–Crippen MR) is 68.5 cm³/mol. The molecule has 4 nitrogen and oxygen atoms in total. The smallest absolute Gasteiger partial charge is 0.330 e. The first-order valence-corrected chi connectivity index (χ1v) is 6.36. The molecule has 0 rings (SSSR count). The highest BCUT2D eigenvalue weighted by Gasteiger charge is 2.25. The Balaban J connectivity index is 0. The minimum Gasteiger partial charge on any atom is -1.00 e. The van der Waals surface area contributed by atoms with Crippen LogP contribution in [0.15, 0.2) is 12.2 Å². The second kappa shape index (κ2) is 10.5. The Kier molecular flexibility index (Phi) is 11.7. The van der Waals surface area contributed by atoms with Crippen LogP contribution < -0.4 is 17.0 Å². The van der Waals surface area contributed by atoms with E-state index < -0.39 is 12.1 Å². The Morgan fingerprint density at radius 1 is 1.28 bits per heavy atom. The summed E-state index contributed by atoms with van der Waals surface area (Å²) in [6, 6.07) is 0. The van der Waals surface area contributed by atoms with Gasteiger partial charge in [0, 0.05) is 6.08 Å². The van der Waals surface area contributed by atoms with E-state index in [1.807, 2.05) is 0 Å². The third-order valence-corrected chi connectivity index (χ3v) is 3.33. The van der Waals surface area contributed by atoms with Gasteiger partial charge in [0.2, 0.25) is 0 Å². The fraction of sp³-hybridized carbons (Fsp3) is 0.769. The molecule has 5 heteroatoms. The molecule has 0 spiro atoms. The SMILES string of the molecule is CC=CC(=O)OCC(O)C[N+](CC)(CC)CC.[Br-]. The minimum absolute atomic E-state index is 0. The second-order valence-corrected chi connectivity index (χ2v) is 4.26. The zero-order valence-electron chi connectivity index (χ0n) is 11.9. The number of aliphatic hydroxyl groups excluding tert-OH is 1. The molecule has 1 atom stereocenters. The van der Waals surface area contributed by atoms with Crippen molar-refractivity contribution >= 4 is 5.97 Å². The molecule has 0 radical (unpaired) electrons. The molecule has 0 heterocycles. The van der Waals surface area contributed by atoms with Crippen LogP contribution in [-0.4, -0.2) is 54.4 Å². The zero-order chi connectivity index (χ0) is 13.3. The van der Waals surface area contributed by atoms with Gasteiger partial charge in [-0.25, -0.2) is 4.79 Å². The highest BCUT2D eigenvalue weighted by atomic mass is 79.9. The summed E-state index contributed by atoms with van der Waals surface area (Å²) in [7, 11) is 0. The van der Waals surface area contributed by atoms with Crippen LogP contribution in [-0.2, 0) is 9.53 Å². The summed E-state index contributed by atoms with van der Waals surface area (Å²) < 4.78 is 5.79. The highest BCUT2D eigenvalue weighted by molar-refractivity contribution is 5.81. The van der Waals surface area contributed by atoms with Crippen LogP contribution in [0.2, 0.25) is 0 Å². The maximum absolute atomic E-state index is 11.1. The monoisotopic (exact) mass is 323 g/mol. The van der Waals surface area contributed by atoms with Gasteiger partial charge in [0.25, 0.3) is 0 Å². The molecule has 0 aliphatic rings. The molecule has 0 aromatic heterocycles. The number of rotatable bonds is 8. The largest absolute Gasteiger partial charge is 1.00 e. The predicted octanol–water partition coefficient (Wildman–Crippen LogP) is -1.65. The number of nitrogens with zero attached hydrogens (tertiary/aromatic N) is 1. The molecule has 0 fully saturated rings. The molecule has 0 saturated heterocycles. The summed E-state index contributed by atoms with van der Waals surface area (Å²) in [5.74, 6) is -0.394. The summed E-state index contributed by atoms with van der Waals surface area (Å²) in [5.41, 5.74) is 0. The van der Waals surface area contributed by atoms with Crippen molar-refractivity contribution in [3.63, 3.8) is 0 Å². The minimum atomic E-state index is -0.593. The number of likely N-dealkylation sites (N-methyl/N-ethyl adjacent to an activating group) is 1. The summed E-state index contributed by atoms with van der Waals surface area (Å²) >= 11 is 0. The quantitative estimate of drug-likeness (QED) is 0.331. The number of carbonyl (C=O) groups excluding carboxylic acids is 1. The number of hydrogen-bond donors (Lipinski definition) is 1. The van der Waals surface area contributed by atoms with Crippen molar-refractivity contribution in [1.82, 2.24) is 0 Å². The van der Waals surface area contributed by atoms with Gasteiger partial charge in [-0.2, -0.15) is 0 Å². The average Bonchev–Trinajstić information content (AvgIpc) is 2.34. The van der Waals surface area contributed by atoms with E-state index in [1.54, 1.807) is 13.0 Å². The van der Waals surface area contributed by atoms with Crippen molar-refractivity contribution in [2.45, 2.75) is 33.8 Å². The fourth-order valence-corrected chi connectivity index (χ4v) is 1.92. The van der Waals surface area contributed by atoms with Crippen LogP contribution in [0.5, 0.6) is 0 Å². The zero-order valence-corrected chi connectivity index (χ0v) is 13.4. The Morgan fingerprint density at radius 3 is 2.17 bits per heavy atom. The van der Waals surface area contributed by atoms with Crippen molar-refractivity contribution in [1.29, 1.82) is 0 Å². The van der Waals surface area contributed by atoms with Crippen LogP contribution in [0, 0.1) is 0 Å². The maximum Gasteiger partial charge on any atom is 0.330 e. The first-order valence-electron chi connectivity index (χ1n) is 6.36. The van der Waals surface area contributed by atoms with Gasteiger partial charge in [0.15, 0.2) is 0 Å². The number of quaternary nitrogens is 1. The number of esters is 1. The normalized spacial score (nSPS) is 13.2. The molecule has 1 unspecified atom stereocenters. The molecular formula is C13H26BrNO3. The lowest BCUT2D eigenvalue weighted by atomic mass is 10.2. The molecular weight excluding hydrogens is 298 g/mol. The molecule has 0 aromatic carbocycles. The van der Waals surface area contributed by atoms with Crippen molar-refractivity contribution in [2.75, 3.05) is 32.8 Å². The standard InChI is InChI=1S/C13H26NO3.BrH/c1-5-9-13(16)17-11-12(15)10-14(6-2,7-3)8-4;/h5,9,12,15H,6-8,10-11H2,1-4H3;1H/q+1;/p-1. The first kappa shape index (κ1) is 19.9. The lowest BCUT2D eigenvalue weighted by Crippen LogP contribution is -3.00. The van der Waals surface area contributed by atoms with Gasteiger partial charge in [-0.3, -0.25) is 0 Å². The maximum atomic E-state index is 11.1. The summed E-state index contributed by atoms with van der Waals surface area (Å²) in [6.45, 7) is 11.7. The number of ether oxygens (including phenoxy) is 1. The van der Waals surface area contributed by atoms with Crippen LogP contribution in [0.25, 0.3) is 0 Å². The topological polar surface area (TPSA) is 46.5 Å². The van der Waals surface area contributed by atoms with Crippen LogP contribution in [0.1, 0.15) is 27.7 Å². The molecule has 0 bridgehead atoms. The summed E-state index contributed by atoms with van der Waals surface area (Å²) in [6.07, 6.45) is 2.39. The van der Waals surface area contributed by atoms with E-state index >= 15 is 0 Å². The summed E-state index contributed by atoms with van der Waals surface area (Å²) in [5, 5.41) is 9.88. The van der Waals surface area contributed by atoms with Gasteiger partial charge in [-0.05, 0) is 27.7 Å². The highest BCUT2D eigenvalue weighted by Crippen LogP contribution is 2.07. The van der Waals surface area contributed by atoms with Gasteiger partial charge < -0.3 is 31.3 Å². The number of carbonyl (C=O) groups is 1. The fourth-order valence-electron chi connectivity index (χ4n) is 1.92. The van der Waals surface area contributed by atoms with E-state index in [0.29, 0.717) is 6.54 Å².